The van der Waals surface area contributed by atoms with Crippen LogP contribution < -0.4 is 0 Å². The lowest BCUT2D eigenvalue weighted by Gasteiger charge is -2.29. The smallest absolute Gasteiger partial charge is 0.205 e. The highest BCUT2D eigenvalue weighted by molar-refractivity contribution is 5.89. The van der Waals surface area contributed by atoms with Gasteiger partial charge in [0.05, 0.1) is 5.56 Å². The summed E-state index contributed by atoms with van der Waals surface area (Å²) in [5.74, 6) is 2.91. The van der Waals surface area contributed by atoms with Gasteiger partial charge in [0.25, 0.3) is 0 Å². The molecule has 0 bridgehead atoms. The summed E-state index contributed by atoms with van der Waals surface area (Å²) >= 11 is 0. The molecule has 0 aromatic heterocycles. The van der Waals surface area contributed by atoms with Crippen molar-refractivity contribution >= 4 is 10.8 Å². The summed E-state index contributed by atoms with van der Waals surface area (Å²) in [6, 6.07) is 12.4. The van der Waals surface area contributed by atoms with Crippen LogP contribution in [0.1, 0.15) is 68.6 Å². The Morgan fingerprint density at radius 1 is 0.811 bits per heavy atom. The monoisotopic (exact) mass is 510 g/mol. The third-order valence-corrected chi connectivity index (χ3v) is 8.35. The molecular formula is C32H31F5. The third-order valence-electron chi connectivity index (χ3n) is 8.35. The summed E-state index contributed by atoms with van der Waals surface area (Å²) in [5.41, 5.74) is 3.64. The first-order chi connectivity index (χ1) is 17.7. The summed E-state index contributed by atoms with van der Waals surface area (Å²) in [5, 5.41) is 0.338. The summed E-state index contributed by atoms with van der Waals surface area (Å²) in [7, 11) is 0. The molecule has 3 aromatic carbocycles. The molecule has 3 aromatic rings. The first-order valence-electron chi connectivity index (χ1n) is 13.3. The number of halogens is 5. The average Bonchev–Trinajstić information content (AvgIpc) is 2.87. The third kappa shape index (κ3) is 6.00. The molecule has 194 valence electrons. The molecule has 5 rings (SSSR count). The van der Waals surface area contributed by atoms with Gasteiger partial charge in [-0.25, -0.2) is 8.78 Å². The van der Waals surface area contributed by atoms with Gasteiger partial charge in [-0.1, -0.05) is 75.3 Å². The largest absolute Gasteiger partial charge is 0.458 e. The van der Waals surface area contributed by atoms with Crippen molar-refractivity contribution in [1.82, 2.24) is 0 Å². The van der Waals surface area contributed by atoms with Crippen molar-refractivity contribution in [3.63, 3.8) is 0 Å². The van der Waals surface area contributed by atoms with Crippen LogP contribution in [-0.2, 0) is 12.8 Å². The van der Waals surface area contributed by atoms with Gasteiger partial charge in [-0.2, -0.15) is 13.2 Å². The molecule has 1 saturated carbocycles. The lowest BCUT2D eigenvalue weighted by Crippen LogP contribution is -2.17. The molecular weight excluding hydrogens is 479 g/mol. The zero-order valence-electron chi connectivity index (χ0n) is 21.0. The highest BCUT2D eigenvalue weighted by Crippen LogP contribution is 2.36. The van der Waals surface area contributed by atoms with E-state index in [1.807, 2.05) is 0 Å². The Balaban J connectivity index is 1.31. The van der Waals surface area contributed by atoms with Gasteiger partial charge in [-0.05, 0) is 83.2 Å². The Kier molecular flexibility index (Phi) is 7.30. The maximum Gasteiger partial charge on any atom is 0.458 e. The molecule has 2 aliphatic carbocycles. The molecule has 0 heterocycles. The van der Waals surface area contributed by atoms with Gasteiger partial charge in [0.15, 0.2) is 0 Å². The molecule has 0 aliphatic heterocycles. The van der Waals surface area contributed by atoms with Crippen LogP contribution >= 0.6 is 0 Å². The standard InChI is InChI=1S/C32H31F5/c1-20-2-4-21(5-3-20)6-7-22-8-9-24-17-25(11-10-23(24)16-22)26-12-13-28-27(18-26)19-30(33)29(31(28)34)14-15-32(35,36)37/h10-13,17-22H,2-9,16H2,1H3. The first-order valence-corrected chi connectivity index (χ1v) is 13.3. The van der Waals surface area contributed by atoms with Gasteiger partial charge < -0.3 is 0 Å². The second-order valence-corrected chi connectivity index (χ2v) is 11.0. The molecule has 1 fully saturated rings. The Morgan fingerprint density at radius 2 is 1.51 bits per heavy atom. The minimum Gasteiger partial charge on any atom is -0.205 e. The van der Waals surface area contributed by atoms with Gasteiger partial charge in [0.1, 0.15) is 11.6 Å². The molecule has 0 N–H and O–H groups in total. The van der Waals surface area contributed by atoms with Gasteiger partial charge in [0.2, 0.25) is 0 Å². The lowest BCUT2D eigenvalue weighted by atomic mass is 9.76. The van der Waals surface area contributed by atoms with Crippen LogP contribution in [0, 0.1) is 41.2 Å². The number of fused-ring (bicyclic) bond motifs is 2. The molecule has 5 heteroatoms. The van der Waals surface area contributed by atoms with Crippen LogP contribution in [0.5, 0.6) is 0 Å². The van der Waals surface area contributed by atoms with Crippen LogP contribution in [0.25, 0.3) is 21.9 Å². The van der Waals surface area contributed by atoms with E-state index >= 15 is 0 Å². The van der Waals surface area contributed by atoms with Crippen molar-refractivity contribution in [1.29, 1.82) is 0 Å². The Hall–Kier alpha value is -2.87. The summed E-state index contributed by atoms with van der Waals surface area (Å²) < 4.78 is 66.5. The van der Waals surface area contributed by atoms with Gasteiger partial charge in [-0.3, -0.25) is 0 Å². The number of hydrogen-bond acceptors (Lipinski definition) is 0. The number of hydrogen-bond donors (Lipinski definition) is 0. The van der Waals surface area contributed by atoms with E-state index in [1.165, 1.54) is 62.1 Å². The minimum absolute atomic E-state index is 0.0462. The predicted molar refractivity (Wildman–Crippen MR) is 138 cm³/mol. The molecule has 0 spiro atoms. The van der Waals surface area contributed by atoms with E-state index in [0.717, 1.165) is 53.7 Å². The molecule has 1 unspecified atom stereocenters. The lowest BCUT2D eigenvalue weighted by molar-refractivity contribution is -0.0696. The fraction of sp³-hybridized carbons (Fsp3) is 0.438. The van der Waals surface area contributed by atoms with Crippen LogP contribution in [-0.4, -0.2) is 6.18 Å². The topological polar surface area (TPSA) is 0 Å². The second kappa shape index (κ2) is 10.5. The number of alkyl halides is 3. The summed E-state index contributed by atoms with van der Waals surface area (Å²) in [4.78, 5) is 0. The Labute approximate surface area is 215 Å². The molecule has 2 aliphatic rings. The Morgan fingerprint density at radius 3 is 2.27 bits per heavy atom. The minimum atomic E-state index is -4.82. The van der Waals surface area contributed by atoms with E-state index in [2.05, 4.69) is 25.1 Å². The number of benzene rings is 3. The van der Waals surface area contributed by atoms with E-state index in [-0.39, 0.29) is 5.39 Å². The molecule has 0 amide bonds. The number of aryl methyl sites for hydroxylation is 1. The van der Waals surface area contributed by atoms with Crippen molar-refractivity contribution in [2.45, 2.75) is 70.9 Å². The molecule has 0 saturated heterocycles. The average molecular weight is 511 g/mol. The second-order valence-electron chi connectivity index (χ2n) is 11.0. The zero-order valence-corrected chi connectivity index (χ0v) is 21.0. The van der Waals surface area contributed by atoms with E-state index in [9.17, 15) is 22.0 Å². The van der Waals surface area contributed by atoms with E-state index < -0.39 is 23.4 Å². The molecule has 0 radical (unpaired) electrons. The maximum absolute atomic E-state index is 14.8. The fourth-order valence-corrected chi connectivity index (χ4v) is 6.10. The van der Waals surface area contributed by atoms with Crippen molar-refractivity contribution in [3.05, 3.63) is 70.8 Å². The Bertz CT molecular complexity index is 1350. The number of rotatable bonds is 4. The van der Waals surface area contributed by atoms with Crippen LogP contribution in [0.3, 0.4) is 0 Å². The van der Waals surface area contributed by atoms with Gasteiger partial charge in [-0.15, -0.1) is 0 Å². The summed E-state index contributed by atoms with van der Waals surface area (Å²) in [6.07, 6.45) is 6.68. The highest BCUT2D eigenvalue weighted by atomic mass is 19.4. The van der Waals surface area contributed by atoms with Crippen LogP contribution in [0.4, 0.5) is 22.0 Å². The van der Waals surface area contributed by atoms with Crippen molar-refractivity contribution in [2.75, 3.05) is 0 Å². The zero-order chi connectivity index (χ0) is 26.2. The first kappa shape index (κ1) is 25.8. The molecule has 37 heavy (non-hydrogen) atoms. The van der Waals surface area contributed by atoms with Gasteiger partial charge in [0, 0.05) is 11.3 Å². The van der Waals surface area contributed by atoms with E-state index in [0.29, 0.717) is 5.39 Å². The maximum atomic E-state index is 14.8. The normalized spacial score (nSPS) is 21.8. The quantitative estimate of drug-likeness (QED) is 0.242. The predicted octanol–water partition coefficient (Wildman–Crippen LogP) is 9.41. The van der Waals surface area contributed by atoms with Crippen LogP contribution in [0.15, 0.2) is 42.5 Å². The van der Waals surface area contributed by atoms with Crippen LogP contribution in [0.2, 0.25) is 0 Å². The van der Waals surface area contributed by atoms with Crippen molar-refractivity contribution < 1.29 is 22.0 Å². The highest BCUT2D eigenvalue weighted by Gasteiger charge is 2.25. The molecule has 1 atom stereocenters. The summed E-state index contributed by atoms with van der Waals surface area (Å²) in [6.45, 7) is 2.37. The fourth-order valence-electron chi connectivity index (χ4n) is 6.10. The molecule has 0 nitrogen and oxygen atoms in total. The van der Waals surface area contributed by atoms with E-state index in [1.54, 1.807) is 18.1 Å². The van der Waals surface area contributed by atoms with Gasteiger partial charge >= 0.3 is 6.18 Å². The van der Waals surface area contributed by atoms with E-state index in [4.69, 9.17) is 0 Å². The van der Waals surface area contributed by atoms with Crippen molar-refractivity contribution in [2.24, 2.45) is 17.8 Å². The van der Waals surface area contributed by atoms with Crippen molar-refractivity contribution in [3.8, 4) is 23.0 Å². The SMILES string of the molecule is CC1CCC(CCC2CCc3cc(-c4ccc5c(F)c(C#CC(F)(F)F)c(F)cc5c4)ccc3C2)CC1.